The largest absolute Gasteiger partial charge is 0.368 e. The molecule has 3 N–H and O–H groups in total. The molecule has 0 bridgehead atoms. The lowest BCUT2D eigenvalue weighted by Gasteiger charge is -2.33. The standard InChI is InChI=1S/C16H23ClN2O/c1-9(2)13(15(18)20)19-14-12-7-11(17)6-5-10(12)8-16(14,3)4/h5-7,9,13-14,19H,8H2,1-4H3,(H2,18,20). The van der Waals surface area contributed by atoms with Crippen molar-refractivity contribution in [1.29, 1.82) is 0 Å². The molecule has 0 heterocycles. The highest BCUT2D eigenvalue weighted by atomic mass is 35.5. The smallest absolute Gasteiger partial charge is 0.234 e. The number of hydrogen-bond acceptors (Lipinski definition) is 2. The Morgan fingerprint density at radius 2 is 2.10 bits per heavy atom. The fourth-order valence-corrected chi connectivity index (χ4v) is 3.29. The van der Waals surface area contributed by atoms with Crippen LogP contribution in [0.5, 0.6) is 0 Å². The summed E-state index contributed by atoms with van der Waals surface area (Å²) < 4.78 is 0. The van der Waals surface area contributed by atoms with Gasteiger partial charge in [-0.3, -0.25) is 10.1 Å². The average molecular weight is 295 g/mol. The summed E-state index contributed by atoms with van der Waals surface area (Å²) in [7, 11) is 0. The minimum atomic E-state index is -0.329. The highest BCUT2D eigenvalue weighted by Crippen LogP contribution is 2.46. The van der Waals surface area contributed by atoms with E-state index in [1.807, 2.05) is 26.0 Å². The van der Waals surface area contributed by atoms with Crippen LogP contribution in [0.4, 0.5) is 0 Å². The maximum atomic E-state index is 11.7. The molecule has 20 heavy (non-hydrogen) atoms. The van der Waals surface area contributed by atoms with E-state index in [1.165, 1.54) is 11.1 Å². The molecule has 1 aliphatic carbocycles. The lowest BCUT2D eigenvalue weighted by molar-refractivity contribution is -0.121. The minimum absolute atomic E-state index is 0.0373. The first-order valence-electron chi connectivity index (χ1n) is 7.06. The zero-order valence-corrected chi connectivity index (χ0v) is 13.3. The van der Waals surface area contributed by atoms with Crippen LogP contribution in [0.2, 0.25) is 5.02 Å². The van der Waals surface area contributed by atoms with Gasteiger partial charge in [-0.05, 0) is 41.0 Å². The summed E-state index contributed by atoms with van der Waals surface area (Å²) in [5.41, 5.74) is 8.05. The van der Waals surface area contributed by atoms with Gasteiger partial charge in [-0.1, -0.05) is 45.4 Å². The zero-order chi connectivity index (χ0) is 15.1. The third-order valence-electron chi connectivity index (χ3n) is 4.17. The monoisotopic (exact) mass is 294 g/mol. The summed E-state index contributed by atoms with van der Waals surface area (Å²) in [6, 6.07) is 5.77. The lowest BCUT2D eigenvalue weighted by Crippen LogP contribution is -2.48. The number of nitrogens with one attached hydrogen (secondary N) is 1. The molecule has 0 saturated heterocycles. The van der Waals surface area contributed by atoms with Gasteiger partial charge in [0.1, 0.15) is 0 Å². The fraction of sp³-hybridized carbons (Fsp3) is 0.562. The van der Waals surface area contributed by atoms with Gasteiger partial charge in [-0.25, -0.2) is 0 Å². The van der Waals surface area contributed by atoms with Crippen molar-refractivity contribution in [2.45, 2.75) is 46.2 Å². The number of rotatable bonds is 4. The number of halogens is 1. The van der Waals surface area contributed by atoms with Crippen LogP contribution in [0, 0.1) is 11.3 Å². The van der Waals surface area contributed by atoms with Crippen LogP contribution in [-0.4, -0.2) is 11.9 Å². The van der Waals surface area contributed by atoms with Crippen LogP contribution < -0.4 is 11.1 Å². The molecule has 1 aromatic rings. The van der Waals surface area contributed by atoms with Crippen LogP contribution >= 0.6 is 11.6 Å². The third-order valence-corrected chi connectivity index (χ3v) is 4.40. The Kier molecular flexibility index (Phi) is 4.12. The first-order chi connectivity index (χ1) is 9.22. The topological polar surface area (TPSA) is 55.1 Å². The molecule has 0 aliphatic heterocycles. The van der Waals surface area contributed by atoms with E-state index >= 15 is 0 Å². The first-order valence-corrected chi connectivity index (χ1v) is 7.44. The molecule has 0 saturated carbocycles. The van der Waals surface area contributed by atoms with E-state index in [0.29, 0.717) is 0 Å². The van der Waals surface area contributed by atoms with Gasteiger partial charge in [-0.15, -0.1) is 0 Å². The Balaban J connectivity index is 2.35. The maximum Gasteiger partial charge on any atom is 0.234 e. The number of primary amides is 1. The van der Waals surface area contributed by atoms with E-state index in [4.69, 9.17) is 17.3 Å². The Hall–Kier alpha value is -1.06. The fourth-order valence-electron chi connectivity index (χ4n) is 3.11. The summed E-state index contributed by atoms with van der Waals surface area (Å²) in [4.78, 5) is 11.7. The Labute approximate surface area is 125 Å². The van der Waals surface area contributed by atoms with Gasteiger partial charge in [0.05, 0.1) is 6.04 Å². The summed E-state index contributed by atoms with van der Waals surface area (Å²) in [6.45, 7) is 8.42. The number of fused-ring (bicyclic) bond motifs is 1. The van der Waals surface area contributed by atoms with Crippen molar-refractivity contribution in [3.63, 3.8) is 0 Å². The highest BCUT2D eigenvalue weighted by molar-refractivity contribution is 6.30. The van der Waals surface area contributed by atoms with E-state index in [9.17, 15) is 4.79 Å². The van der Waals surface area contributed by atoms with Crippen LogP contribution in [0.15, 0.2) is 18.2 Å². The van der Waals surface area contributed by atoms with Gasteiger partial charge in [0.2, 0.25) is 5.91 Å². The molecular weight excluding hydrogens is 272 g/mol. The van der Waals surface area contributed by atoms with Crippen molar-refractivity contribution >= 4 is 17.5 Å². The van der Waals surface area contributed by atoms with Crippen LogP contribution in [0.25, 0.3) is 0 Å². The second-order valence-electron chi connectivity index (χ2n) is 6.73. The van der Waals surface area contributed by atoms with Crippen molar-refractivity contribution < 1.29 is 4.79 Å². The van der Waals surface area contributed by atoms with Crippen molar-refractivity contribution in [3.8, 4) is 0 Å². The Morgan fingerprint density at radius 3 is 2.65 bits per heavy atom. The molecule has 2 rings (SSSR count). The lowest BCUT2D eigenvalue weighted by atomic mass is 9.84. The Morgan fingerprint density at radius 1 is 1.45 bits per heavy atom. The van der Waals surface area contributed by atoms with E-state index in [2.05, 4.69) is 25.2 Å². The van der Waals surface area contributed by atoms with Crippen LogP contribution in [0.1, 0.15) is 44.9 Å². The number of amides is 1. The summed E-state index contributed by atoms with van der Waals surface area (Å²) in [5, 5.41) is 4.19. The number of carbonyl (C=O) groups excluding carboxylic acids is 1. The second kappa shape index (κ2) is 5.38. The van der Waals surface area contributed by atoms with Gasteiger partial charge in [0, 0.05) is 11.1 Å². The minimum Gasteiger partial charge on any atom is -0.368 e. The molecule has 0 radical (unpaired) electrons. The molecule has 2 unspecified atom stereocenters. The van der Waals surface area contributed by atoms with Gasteiger partial charge in [0.25, 0.3) is 0 Å². The number of nitrogens with two attached hydrogens (primary N) is 1. The first kappa shape index (κ1) is 15.3. The number of hydrogen-bond donors (Lipinski definition) is 2. The molecule has 3 nitrogen and oxygen atoms in total. The number of carbonyl (C=O) groups is 1. The molecule has 4 heteroatoms. The quantitative estimate of drug-likeness (QED) is 0.897. The van der Waals surface area contributed by atoms with Gasteiger partial charge in [0.15, 0.2) is 0 Å². The van der Waals surface area contributed by atoms with Gasteiger partial charge in [-0.2, -0.15) is 0 Å². The summed E-state index contributed by atoms with van der Waals surface area (Å²) in [6.07, 6.45) is 0.973. The molecule has 110 valence electrons. The highest BCUT2D eigenvalue weighted by Gasteiger charge is 2.41. The predicted molar refractivity (Wildman–Crippen MR) is 82.6 cm³/mol. The van der Waals surface area contributed by atoms with E-state index in [0.717, 1.165) is 11.4 Å². The SMILES string of the molecule is CC(C)C(NC1c2cc(Cl)ccc2CC1(C)C)C(N)=O. The van der Waals surface area contributed by atoms with E-state index in [1.54, 1.807) is 0 Å². The van der Waals surface area contributed by atoms with Crippen molar-refractivity contribution in [3.05, 3.63) is 34.3 Å². The van der Waals surface area contributed by atoms with Gasteiger partial charge < -0.3 is 5.73 Å². The molecule has 1 aromatic carbocycles. The zero-order valence-electron chi connectivity index (χ0n) is 12.5. The van der Waals surface area contributed by atoms with Crippen molar-refractivity contribution in [2.24, 2.45) is 17.1 Å². The summed E-state index contributed by atoms with van der Waals surface area (Å²) >= 11 is 6.12. The molecule has 0 fully saturated rings. The van der Waals surface area contributed by atoms with Crippen molar-refractivity contribution in [1.82, 2.24) is 5.32 Å². The predicted octanol–water partition coefficient (Wildman–Crippen LogP) is 3.06. The number of benzene rings is 1. The molecular formula is C16H23ClN2O. The molecule has 1 amide bonds. The third kappa shape index (κ3) is 2.84. The van der Waals surface area contributed by atoms with Crippen LogP contribution in [0.3, 0.4) is 0 Å². The van der Waals surface area contributed by atoms with Crippen LogP contribution in [-0.2, 0) is 11.2 Å². The molecule has 0 spiro atoms. The molecule has 0 aromatic heterocycles. The normalized spacial score (nSPS) is 21.8. The van der Waals surface area contributed by atoms with E-state index < -0.39 is 0 Å². The second-order valence-corrected chi connectivity index (χ2v) is 7.17. The summed E-state index contributed by atoms with van der Waals surface area (Å²) in [5.74, 6) is -0.141. The van der Waals surface area contributed by atoms with E-state index in [-0.39, 0.29) is 29.3 Å². The van der Waals surface area contributed by atoms with Gasteiger partial charge >= 0.3 is 0 Å². The molecule has 2 atom stereocenters. The van der Waals surface area contributed by atoms with Crippen molar-refractivity contribution in [2.75, 3.05) is 0 Å². The molecule has 1 aliphatic rings. The maximum absolute atomic E-state index is 11.7. The Bertz CT molecular complexity index is 525. The average Bonchev–Trinajstić information content (AvgIpc) is 2.55.